The molecule has 2 aliphatic rings. The number of allylic oxidation sites excluding steroid dienone is 2. The molecule has 0 radical (unpaired) electrons. The zero-order valence-electron chi connectivity index (χ0n) is 16.0. The molecule has 0 bridgehead atoms. The van der Waals surface area contributed by atoms with Crippen molar-refractivity contribution in [3.8, 4) is 0 Å². The Bertz CT molecular complexity index is 760. The van der Waals surface area contributed by atoms with Gasteiger partial charge in [-0.2, -0.15) is 0 Å². The van der Waals surface area contributed by atoms with Gasteiger partial charge in [-0.3, -0.25) is 9.59 Å². The van der Waals surface area contributed by atoms with E-state index in [1.807, 2.05) is 13.8 Å². The lowest BCUT2D eigenvalue weighted by Crippen LogP contribution is -2.41. The number of fused-ring (bicyclic) bond motifs is 1. The van der Waals surface area contributed by atoms with Crippen LogP contribution in [0, 0.1) is 5.92 Å². The minimum Gasteiger partial charge on any atom is -0.480 e. The maximum Gasteiger partial charge on any atom is 0.326 e. The molecule has 0 amide bonds. The fourth-order valence-corrected chi connectivity index (χ4v) is 3.10. The number of ether oxygens (including phenoxy) is 1. The zero-order chi connectivity index (χ0) is 20.7. The van der Waals surface area contributed by atoms with E-state index >= 15 is 0 Å². The molecule has 1 aliphatic carbocycles. The molecule has 3 N–H and O–H groups in total. The van der Waals surface area contributed by atoms with Crippen molar-refractivity contribution in [2.45, 2.75) is 26.3 Å². The van der Waals surface area contributed by atoms with Crippen molar-refractivity contribution in [1.29, 1.82) is 0 Å². The summed E-state index contributed by atoms with van der Waals surface area (Å²) in [7, 11) is 0. The number of hydrogen-bond donors (Lipinski definition) is 3. The highest BCUT2D eigenvalue weighted by atomic mass is 35.5. The van der Waals surface area contributed by atoms with Crippen LogP contribution in [0.4, 0.5) is 0 Å². The number of aliphatic carboxylic acids is 1. The van der Waals surface area contributed by atoms with Crippen molar-refractivity contribution in [2.24, 2.45) is 5.92 Å². The number of nitrogens with one attached hydrogen (secondary N) is 2. The second kappa shape index (κ2) is 10.4. The molecule has 1 aliphatic heterocycles. The van der Waals surface area contributed by atoms with Gasteiger partial charge in [0.1, 0.15) is 16.8 Å². The number of carboxylic acids is 1. The van der Waals surface area contributed by atoms with Crippen LogP contribution < -0.4 is 10.6 Å². The molecule has 0 spiro atoms. The van der Waals surface area contributed by atoms with Gasteiger partial charge >= 0.3 is 5.97 Å². The first-order chi connectivity index (χ1) is 13.3. The van der Waals surface area contributed by atoms with E-state index in [-0.39, 0.29) is 27.8 Å². The molecule has 0 aromatic heterocycles. The Morgan fingerprint density at radius 2 is 1.75 bits per heavy atom. The largest absolute Gasteiger partial charge is 0.480 e. The van der Waals surface area contributed by atoms with Crippen LogP contribution in [0.3, 0.4) is 0 Å². The number of morpholine rings is 1. The van der Waals surface area contributed by atoms with E-state index in [1.54, 1.807) is 12.1 Å². The van der Waals surface area contributed by atoms with Gasteiger partial charge in [-0.15, -0.1) is 0 Å². The van der Waals surface area contributed by atoms with Crippen molar-refractivity contribution >= 4 is 29.1 Å². The van der Waals surface area contributed by atoms with Crippen LogP contribution >= 0.6 is 11.6 Å². The number of carbonyl (C=O) groups is 3. The summed E-state index contributed by atoms with van der Waals surface area (Å²) in [5.41, 5.74) is 0.324. The summed E-state index contributed by atoms with van der Waals surface area (Å²) in [4.78, 5) is 36.0. The third-order valence-corrected chi connectivity index (χ3v) is 4.59. The predicted octanol–water partition coefficient (Wildman–Crippen LogP) is 2.21. The van der Waals surface area contributed by atoms with E-state index in [0.717, 1.165) is 26.3 Å². The van der Waals surface area contributed by atoms with Gasteiger partial charge in [-0.05, 0) is 12.3 Å². The standard InChI is InChI=1S/C16H16ClNO4.C4H9NO/c1-8(2)7-11(16(21)22)18-13-12(17)14(19)9-5-3-4-6-10(9)15(13)20;1-3-6-4-2-5-1/h3-6,8,11,18H,7H2,1-2H3,(H,21,22);5H,1-4H2. The van der Waals surface area contributed by atoms with Gasteiger partial charge in [0, 0.05) is 24.2 Å². The molecule has 1 saturated heterocycles. The number of Topliss-reactive ketones (excluding diaryl/α,β-unsaturated/α-hetero) is 2. The van der Waals surface area contributed by atoms with Gasteiger partial charge in [0.2, 0.25) is 11.6 Å². The fraction of sp³-hybridized carbons (Fsp3) is 0.450. The van der Waals surface area contributed by atoms with Gasteiger partial charge in [0.25, 0.3) is 0 Å². The Morgan fingerprint density at radius 1 is 1.18 bits per heavy atom. The number of ketones is 2. The summed E-state index contributed by atoms with van der Waals surface area (Å²) in [5.74, 6) is -1.93. The van der Waals surface area contributed by atoms with E-state index in [4.69, 9.17) is 16.3 Å². The van der Waals surface area contributed by atoms with E-state index in [9.17, 15) is 19.5 Å². The summed E-state index contributed by atoms with van der Waals surface area (Å²) in [5, 5.41) is 14.8. The third-order valence-electron chi connectivity index (χ3n) is 4.23. The summed E-state index contributed by atoms with van der Waals surface area (Å²) in [6.45, 7) is 7.58. The average molecular weight is 409 g/mol. The minimum atomic E-state index is -1.09. The first kappa shape index (κ1) is 22.1. The summed E-state index contributed by atoms with van der Waals surface area (Å²) in [6.07, 6.45) is 0.312. The Morgan fingerprint density at radius 3 is 2.18 bits per heavy atom. The molecule has 1 heterocycles. The van der Waals surface area contributed by atoms with Crippen LogP contribution in [0.2, 0.25) is 0 Å². The lowest BCUT2D eigenvalue weighted by atomic mass is 9.91. The van der Waals surface area contributed by atoms with Gasteiger partial charge in [-0.1, -0.05) is 49.7 Å². The lowest BCUT2D eigenvalue weighted by molar-refractivity contribution is -0.139. The zero-order valence-corrected chi connectivity index (χ0v) is 16.7. The molecule has 0 saturated carbocycles. The lowest BCUT2D eigenvalue weighted by Gasteiger charge is -2.23. The summed E-state index contributed by atoms with van der Waals surface area (Å²) in [6, 6.07) is 5.36. The molecular formula is C20H25ClN2O5. The Balaban J connectivity index is 0.000000397. The van der Waals surface area contributed by atoms with Crippen LogP contribution in [0.15, 0.2) is 35.0 Å². The molecule has 1 fully saturated rings. The molecule has 152 valence electrons. The highest BCUT2D eigenvalue weighted by Gasteiger charge is 2.33. The van der Waals surface area contributed by atoms with Crippen molar-refractivity contribution in [3.63, 3.8) is 0 Å². The number of hydrogen-bond acceptors (Lipinski definition) is 6. The van der Waals surface area contributed by atoms with Crippen LogP contribution in [-0.2, 0) is 9.53 Å². The molecule has 3 rings (SSSR count). The number of carboxylic acid groups (broad SMARTS) is 1. The minimum absolute atomic E-state index is 0.106. The van der Waals surface area contributed by atoms with E-state index in [0.29, 0.717) is 6.42 Å². The molecule has 1 aromatic rings. The smallest absolute Gasteiger partial charge is 0.326 e. The fourth-order valence-electron chi connectivity index (χ4n) is 2.86. The second-order valence-electron chi connectivity index (χ2n) is 6.92. The first-order valence-corrected chi connectivity index (χ1v) is 9.56. The number of rotatable bonds is 5. The molecule has 1 unspecified atom stereocenters. The predicted molar refractivity (Wildman–Crippen MR) is 106 cm³/mol. The number of carbonyl (C=O) groups excluding carboxylic acids is 2. The van der Waals surface area contributed by atoms with Crippen LogP contribution in [0.25, 0.3) is 0 Å². The molecule has 28 heavy (non-hydrogen) atoms. The quantitative estimate of drug-likeness (QED) is 0.686. The van der Waals surface area contributed by atoms with E-state index < -0.39 is 23.6 Å². The van der Waals surface area contributed by atoms with Crippen molar-refractivity contribution in [1.82, 2.24) is 10.6 Å². The Labute approximate surface area is 169 Å². The number of halogens is 1. The van der Waals surface area contributed by atoms with Gasteiger partial charge in [0.15, 0.2) is 0 Å². The first-order valence-electron chi connectivity index (χ1n) is 9.19. The van der Waals surface area contributed by atoms with Gasteiger partial charge < -0.3 is 20.5 Å². The monoisotopic (exact) mass is 408 g/mol. The van der Waals surface area contributed by atoms with Gasteiger partial charge in [-0.25, -0.2) is 4.79 Å². The average Bonchev–Trinajstić information content (AvgIpc) is 2.70. The Hall–Kier alpha value is -2.22. The maximum absolute atomic E-state index is 12.5. The van der Waals surface area contributed by atoms with Crippen molar-refractivity contribution < 1.29 is 24.2 Å². The van der Waals surface area contributed by atoms with Crippen LogP contribution in [0.5, 0.6) is 0 Å². The molecule has 8 heteroatoms. The third kappa shape index (κ3) is 5.64. The molecule has 7 nitrogen and oxygen atoms in total. The van der Waals surface area contributed by atoms with Crippen LogP contribution in [0.1, 0.15) is 41.0 Å². The summed E-state index contributed by atoms with van der Waals surface area (Å²) >= 11 is 5.99. The maximum atomic E-state index is 12.5. The SMILES string of the molecule is C1COCCN1.CC(C)CC(NC1=C(Cl)C(=O)c2ccccc2C1=O)C(=O)O. The van der Waals surface area contributed by atoms with Gasteiger partial charge in [0.05, 0.1) is 13.2 Å². The topological polar surface area (TPSA) is 105 Å². The van der Waals surface area contributed by atoms with E-state index in [1.165, 1.54) is 12.1 Å². The van der Waals surface area contributed by atoms with E-state index in [2.05, 4.69) is 10.6 Å². The molecule has 1 atom stereocenters. The summed E-state index contributed by atoms with van der Waals surface area (Å²) < 4.78 is 5.01. The van der Waals surface area contributed by atoms with Crippen molar-refractivity contribution in [2.75, 3.05) is 26.3 Å². The molecular weight excluding hydrogens is 384 g/mol. The van der Waals surface area contributed by atoms with Crippen molar-refractivity contribution in [3.05, 3.63) is 46.1 Å². The molecule has 1 aromatic carbocycles. The second-order valence-corrected chi connectivity index (χ2v) is 7.30. The highest BCUT2D eigenvalue weighted by Crippen LogP contribution is 2.27. The van der Waals surface area contributed by atoms with Crippen LogP contribution in [-0.4, -0.2) is 55.0 Å². The highest BCUT2D eigenvalue weighted by molar-refractivity contribution is 6.49. The number of benzene rings is 1. The normalized spacial score (nSPS) is 17.6. The Kier molecular flexibility index (Phi) is 8.17.